The molecule has 0 unspecified atom stereocenters. The second kappa shape index (κ2) is 10.1. The fourth-order valence-corrected chi connectivity index (χ4v) is 3.67. The molecule has 0 atom stereocenters. The van der Waals surface area contributed by atoms with E-state index < -0.39 is 10.0 Å². The molecule has 0 aromatic heterocycles. The van der Waals surface area contributed by atoms with Crippen molar-refractivity contribution >= 4 is 16.0 Å². The van der Waals surface area contributed by atoms with Gasteiger partial charge in [0.15, 0.2) is 5.96 Å². The predicted molar refractivity (Wildman–Crippen MR) is 94.2 cm³/mol. The lowest BCUT2D eigenvalue weighted by Crippen LogP contribution is -2.43. The van der Waals surface area contributed by atoms with E-state index in [1.807, 2.05) is 25.8 Å². The van der Waals surface area contributed by atoms with Gasteiger partial charge in [-0.15, -0.1) is 0 Å². The van der Waals surface area contributed by atoms with Gasteiger partial charge in [-0.2, -0.15) is 0 Å². The lowest BCUT2D eigenvalue weighted by Gasteiger charge is -2.23. The number of guanidine groups is 1. The molecule has 1 fully saturated rings. The van der Waals surface area contributed by atoms with Crippen LogP contribution in [0.25, 0.3) is 0 Å². The zero-order valence-electron chi connectivity index (χ0n) is 14.9. The summed E-state index contributed by atoms with van der Waals surface area (Å²) in [6.07, 6.45) is 2.58. The van der Waals surface area contributed by atoms with Crippen LogP contribution in [0.4, 0.5) is 0 Å². The normalized spacial score (nSPS) is 16.0. The minimum atomic E-state index is -3.20. The van der Waals surface area contributed by atoms with Crippen molar-refractivity contribution in [1.29, 1.82) is 0 Å². The first kappa shape index (κ1) is 20.2. The molecule has 0 spiro atoms. The van der Waals surface area contributed by atoms with E-state index in [9.17, 15) is 8.42 Å². The van der Waals surface area contributed by atoms with Crippen LogP contribution in [0.1, 0.15) is 26.7 Å². The van der Waals surface area contributed by atoms with Crippen molar-refractivity contribution in [1.82, 2.24) is 14.5 Å². The smallest absolute Gasteiger partial charge is 0.215 e. The molecule has 0 heterocycles. The number of likely N-dealkylation sites (N-methyl/N-ethyl adjacent to an activating group) is 1. The summed E-state index contributed by atoms with van der Waals surface area (Å²) >= 11 is 0. The van der Waals surface area contributed by atoms with E-state index in [-0.39, 0.29) is 5.75 Å². The van der Waals surface area contributed by atoms with E-state index in [1.54, 1.807) is 7.05 Å². The quantitative estimate of drug-likeness (QED) is 0.336. The highest BCUT2D eigenvalue weighted by atomic mass is 32.2. The molecule has 1 aliphatic carbocycles. The molecule has 8 heteroatoms. The highest BCUT2D eigenvalue weighted by Gasteiger charge is 2.21. The van der Waals surface area contributed by atoms with Crippen LogP contribution in [-0.2, 0) is 14.8 Å². The van der Waals surface area contributed by atoms with Gasteiger partial charge >= 0.3 is 0 Å². The molecule has 0 saturated heterocycles. The van der Waals surface area contributed by atoms with E-state index in [1.165, 1.54) is 17.1 Å². The summed E-state index contributed by atoms with van der Waals surface area (Å²) in [5, 5.41) is 3.10. The second-order valence-corrected chi connectivity index (χ2v) is 7.90. The summed E-state index contributed by atoms with van der Waals surface area (Å²) in [6.45, 7) is 7.30. The minimum Gasteiger partial charge on any atom is -0.379 e. The molecular formula is C15H32N4O3S. The zero-order valence-corrected chi connectivity index (χ0v) is 15.7. The van der Waals surface area contributed by atoms with Crippen LogP contribution in [-0.4, -0.2) is 82.8 Å². The number of rotatable bonds is 11. The fourth-order valence-electron chi connectivity index (χ4n) is 2.26. The molecule has 0 aliphatic heterocycles. The fraction of sp³-hybridized carbons (Fsp3) is 0.933. The minimum absolute atomic E-state index is 0.0692. The third kappa shape index (κ3) is 7.50. The summed E-state index contributed by atoms with van der Waals surface area (Å²) < 4.78 is 31.3. The molecule has 1 saturated carbocycles. The van der Waals surface area contributed by atoms with Gasteiger partial charge in [0.1, 0.15) is 0 Å². The summed E-state index contributed by atoms with van der Waals surface area (Å²) in [5.41, 5.74) is 0. The Morgan fingerprint density at radius 2 is 1.96 bits per heavy atom. The van der Waals surface area contributed by atoms with Gasteiger partial charge in [-0.25, -0.2) is 12.7 Å². The van der Waals surface area contributed by atoms with Crippen LogP contribution in [0.5, 0.6) is 0 Å². The van der Waals surface area contributed by atoms with Crippen LogP contribution in [0, 0.1) is 5.92 Å². The van der Waals surface area contributed by atoms with Crippen LogP contribution in [0.15, 0.2) is 4.99 Å². The van der Waals surface area contributed by atoms with E-state index in [0.29, 0.717) is 32.2 Å². The van der Waals surface area contributed by atoms with Crippen LogP contribution in [0.2, 0.25) is 0 Å². The van der Waals surface area contributed by atoms with Gasteiger partial charge in [-0.05, 0) is 18.8 Å². The Labute approximate surface area is 141 Å². The van der Waals surface area contributed by atoms with E-state index >= 15 is 0 Å². The number of hydrogen-bond acceptors (Lipinski definition) is 4. The van der Waals surface area contributed by atoms with Crippen molar-refractivity contribution < 1.29 is 13.2 Å². The second-order valence-electron chi connectivity index (χ2n) is 5.81. The molecule has 0 bridgehead atoms. The Morgan fingerprint density at radius 3 is 2.48 bits per heavy atom. The standard InChI is InChI=1S/C15H32N4O3S/c1-5-19(6-2)23(20,21)12-9-17-15(16-3)18(4)10-11-22-13-14-7-8-14/h14H,5-13H2,1-4H3,(H,16,17). The van der Waals surface area contributed by atoms with Gasteiger partial charge in [-0.3, -0.25) is 4.99 Å². The first-order valence-corrected chi connectivity index (χ1v) is 10.0. The number of sulfonamides is 1. The highest BCUT2D eigenvalue weighted by molar-refractivity contribution is 7.89. The number of nitrogens with zero attached hydrogens (tertiary/aromatic N) is 3. The maximum atomic E-state index is 12.1. The first-order chi connectivity index (χ1) is 10.9. The van der Waals surface area contributed by atoms with Crippen LogP contribution >= 0.6 is 0 Å². The van der Waals surface area contributed by atoms with Gasteiger partial charge < -0.3 is 15.0 Å². The van der Waals surface area contributed by atoms with Crippen molar-refractivity contribution in [3.8, 4) is 0 Å². The molecular weight excluding hydrogens is 316 g/mol. The molecule has 7 nitrogen and oxygen atoms in total. The Kier molecular flexibility index (Phi) is 8.86. The van der Waals surface area contributed by atoms with Gasteiger partial charge in [0, 0.05) is 46.9 Å². The first-order valence-electron chi connectivity index (χ1n) is 8.41. The monoisotopic (exact) mass is 348 g/mol. The van der Waals surface area contributed by atoms with E-state index in [2.05, 4.69) is 10.3 Å². The number of nitrogens with one attached hydrogen (secondary N) is 1. The van der Waals surface area contributed by atoms with Crippen LogP contribution in [0.3, 0.4) is 0 Å². The summed E-state index contributed by atoms with van der Waals surface area (Å²) in [4.78, 5) is 6.14. The number of aliphatic imine (C=N–C) groups is 1. The van der Waals surface area contributed by atoms with Gasteiger partial charge in [-0.1, -0.05) is 13.8 Å². The summed E-state index contributed by atoms with van der Waals surface area (Å²) in [6, 6.07) is 0. The SMILES string of the molecule is CCN(CC)S(=O)(=O)CCNC(=NC)N(C)CCOCC1CC1. The third-order valence-corrected chi connectivity index (χ3v) is 5.96. The molecule has 1 rings (SSSR count). The number of hydrogen-bond donors (Lipinski definition) is 1. The van der Waals surface area contributed by atoms with Crippen molar-refractivity contribution in [3.63, 3.8) is 0 Å². The Bertz CT molecular complexity index is 459. The van der Waals surface area contributed by atoms with Crippen molar-refractivity contribution in [2.45, 2.75) is 26.7 Å². The molecule has 136 valence electrons. The zero-order chi connectivity index (χ0) is 17.3. The predicted octanol–water partition coefficient (Wildman–Crippen LogP) is 0.592. The average molecular weight is 349 g/mol. The molecule has 1 aliphatic rings. The largest absolute Gasteiger partial charge is 0.379 e. The molecule has 0 amide bonds. The number of ether oxygens (including phenoxy) is 1. The molecule has 0 aromatic carbocycles. The highest BCUT2D eigenvalue weighted by Crippen LogP contribution is 2.28. The maximum absolute atomic E-state index is 12.1. The van der Waals surface area contributed by atoms with Crippen molar-refractivity contribution in [3.05, 3.63) is 0 Å². The Hall–Kier alpha value is -0.860. The third-order valence-electron chi connectivity index (χ3n) is 3.94. The lowest BCUT2D eigenvalue weighted by atomic mass is 10.5. The maximum Gasteiger partial charge on any atom is 0.215 e. The summed E-state index contributed by atoms with van der Waals surface area (Å²) in [5.74, 6) is 1.53. The van der Waals surface area contributed by atoms with Gasteiger partial charge in [0.05, 0.1) is 12.4 Å². The lowest BCUT2D eigenvalue weighted by molar-refractivity contribution is 0.115. The van der Waals surface area contributed by atoms with E-state index in [4.69, 9.17) is 4.74 Å². The topological polar surface area (TPSA) is 74.2 Å². The van der Waals surface area contributed by atoms with Crippen molar-refractivity contribution in [2.24, 2.45) is 10.9 Å². The van der Waals surface area contributed by atoms with Crippen LogP contribution < -0.4 is 5.32 Å². The summed E-state index contributed by atoms with van der Waals surface area (Å²) in [7, 11) is 0.420. The van der Waals surface area contributed by atoms with Gasteiger partial charge in [0.2, 0.25) is 10.0 Å². The van der Waals surface area contributed by atoms with Crippen molar-refractivity contribution in [2.75, 3.05) is 59.2 Å². The Balaban J connectivity index is 2.28. The Morgan fingerprint density at radius 1 is 1.30 bits per heavy atom. The van der Waals surface area contributed by atoms with E-state index in [0.717, 1.165) is 19.1 Å². The molecule has 0 aromatic rings. The molecule has 0 radical (unpaired) electrons. The van der Waals surface area contributed by atoms with Gasteiger partial charge in [0.25, 0.3) is 0 Å². The molecule has 23 heavy (non-hydrogen) atoms. The molecule has 1 N–H and O–H groups in total. The average Bonchev–Trinajstić information content (AvgIpc) is 3.33.